The van der Waals surface area contributed by atoms with Crippen LogP contribution in [0.15, 0.2) is 41.2 Å². The van der Waals surface area contributed by atoms with Gasteiger partial charge in [-0.1, -0.05) is 25.1 Å². The number of rotatable bonds is 5. The largest absolute Gasteiger partial charge is 0.457 e. The number of likely N-dealkylation sites (N-methyl/N-ethyl adjacent to an activating group) is 1. The molecule has 0 saturated heterocycles. The first-order valence-electron chi connectivity index (χ1n) is 11.2. The summed E-state index contributed by atoms with van der Waals surface area (Å²) in [6.45, 7) is 3.16. The van der Waals surface area contributed by atoms with Gasteiger partial charge in [-0.25, -0.2) is 9.78 Å². The van der Waals surface area contributed by atoms with E-state index in [0.29, 0.717) is 29.1 Å². The lowest BCUT2D eigenvalue weighted by Gasteiger charge is -2.36. The van der Waals surface area contributed by atoms with Crippen molar-refractivity contribution in [1.29, 1.82) is 0 Å². The summed E-state index contributed by atoms with van der Waals surface area (Å²) in [5, 5.41) is 10.7. The third kappa shape index (κ3) is 3.33. The molecule has 0 spiro atoms. The normalized spacial score (nSPS) is 18.3. The second kappa shape index (κ2) is 8.07. The van der Waals surface area contributed by atoms with E-state index < -0.39 is 24.6 Å². The second-order valence-electron chi connectivity index (χ2n) is 8.78. The minimum atomic E-state index is -1.75. The van der Waals surface area contributed by atoms with Crippen molar-refractivity contribution in [3.8, 4) is 11.4 Å². The van der Waals surface area contributed by atoms with Gasteiger partial charge in [-0.3, -0.25) is 9.59 Å². The summed E-state index contributed by atoms with van der Waals surface area (Å²) in [5.74, 6) is -1.43. The van der Waals surface area contributed by atoms with Crippen molar-refractivity contribution >= 4 is 29.9 Å². The number of pyridine rings is 2. The quantitative estimate of drug-likeness (QED) is 0.353. The van der Waals surface area contributed by atoms with Crippen molar-refractivity contribution in [2.45, 2.75) is 38.9 Å². The van der Waals surface area contributed by atoms with Gasteiger partial charge in [-0.05, 0) is 38.5 Å². The van der Waals surface area contributed by atoms with Gasteiger partial charge in [0, 0.05) is 16.5 Å². The lowest BCUT2D eigenvalue weighted by atomic mass is 9.85. The van der Waals surface area contributed by atoms with Crippen LogP contribution in [0.25, 0.3) is 22.3 Å². The van der Waals surface area contributed by atoms with E-state index >= 15 is 0 Å². The monoisotopic (exact) mass is 461 g/mol. The number of benzene rings is 1. The first-order valence-corrected chi connectivity index (χ1v) is 11.2. The van der Waals surface area contributed by atoms with Crippen LogP contribution in [0.5, 0.6) is 0 Å². The molecule has 1 N–H and O–H groups in total. The van der Waals surface area contributed by atoms with Crippen LogP contribution in [0.3, 0.4) is 0 Å². The van der Waals surface area contributed by atoms with Crippen LogP contribution in [0, 0.1) is 0 Å². The van der Waals surface area contributed by atoms with E-state index in [2.05, 4.69) is 0 Å². The molecule has 0 fully saturated rings. The highest BCUT2D eigenvalue weighted by Crippen LogP contribution is 2.40. The molecule has 0 bridgehead atoms. The SMILES string of the molecule is CC[C@@]1(OC(=O)CN(C)B(C)O)C(=O)OCc2c1cc1n(c2=O)Cc2cc3ccccc3nc2-1. The molecule has 0 amide bonds. The summed E-state index contributed by atoms with van der Waals surface area (Å²) >= 11 is 0. The highest BCUT2D eigenvalue weighted by atomic mass is 16.6. The number of aromatic nitrogens is 2. The zero-order valence-corrected chi connectivity index (χ0v) is 19.2. The first-order chi connectivity index (χ1) is 16.2. The van der Waals surface area contributed by atoms with Crippen molar-refractivity contribution in [2.24, 2.45) is 0 Å². The van der Waals surface area contributed by atoms with Crippen molar-refractivity contribution in [1.82, 2.24) is 14.4 Å². The second-order valence-corrected chi connectivity index (χ2v) is 8.78. The Bertz CT molecular complexity index is 1400. The summed E-state index contributed by atoms with van der Waals surface area (Å²) in [7, 11) is 0.685. The molecule has 5 rings (SSSR count). The number of fused-ring (bicyclic) bond motifs is 5. The molecule has 0 radical (unpaired) electrons. The fourth-order valence-electron chi connectivity index (χ4n) is 4.64. The van der Waals surface area contributed by atoms with E-state index in [1.807, 2.05) is 30.3 Å². The molecule has 1 atom stereocenters. The number of nitrogens with zero attached hydrogens (tertiary/aromatic N) is 3. The van der Waals surface area contributed by atoms with Crippen molar-refractivity contribution in [3.63, 3.8) is 0 Å². The van der Waals surface area contributed by atoms with Crippen LogP contribution in [0.4, 0.5) is 0 Å². The predicted octanol–water partition coefficient (Wildman–Crippen LogP) is 1.67. The lowest BCUT2D eigenvalue weighted by Crippen LogP contribution is -2.49. The number of carbonyl (C=O) groups is 2. The van der Waals surface area contributed by atoms with Gasteiger partial charge in [0.25, 0.3) is 5.56 Å². The van der Waals surface area contributed by atoms with Crippen LogP contribution in [-0.2, 0) is 37.8 Å². The molecule has 10 heteroatoms. The Morgan fingerprint density at radius 2 is 2.09 bits per heavy atom. The molecular weight excluding hydrogens is 437 g/mol. The number of hydrogen-bond donors (Lipinski definition) is 1. The Balaban J connectivity index is 1.64. The fraction of sp³-hybridized carbons (Fsp3) is 0.333. The number of esters is 2. The Labute approximate surface area is 196 Å². The molecule has 0 aliphatic carbocycles. The molecule has 174 valence electrons. The Morgan fingerprint density at radius 3 is 2.82 bits per heavy atom. The van der Waals surface area contributed by atoms with Crippen LogP contribution < -0.4 is 5.56 Å². The summed E-state index contributed by atoms with van der Waals surface area (Å²) in [6, 6.07) is 11.5. The van der Waals surface area contributed by atoms with Crippen LogP contribution in [0.1, 0.15) is 30.0 Å². The number of cyclic esters (lactones) is 1. The van der Waals surface area contributed by atoms with Gasteiger partial charge in [-0.15, -0.1) is 0 Å². The van der Waals surface area contributed by atoms with E-state index in [4.69, 9.17) is 14.5 Å². The molecule has 1 aromatic carbocycles. The maximum atomic E-state index is 13.5. The fourth-order valence-corrected chi connectivity index (χ4v) is 4.64. The zero-order valence-electron chi connectivity index (χ0n) is 19.2. The molecule has 9 nitrogen and oxygen atoms in total. The van der Waals surface area contributed by atoms with Gasteiger partial charge in [0.15, 0.2) is 0 Å². The number of para-hydroxylation sites is 1. The molecular formula is C24H24BN3O6. The average molecular weight is 461 g/mol. The van der Waals surface area contributed by atoms with Gasteiger partial charge < -0.3 is 23.9 Å². The average Bonchev–Trinajstić information content (AvgIpc) is 3.17. The summed E-state index contributed by atoms with van der Waals surface area (Å²) in [6.07, 6.45) is 0.0872. The van der Waals surface area contributed by atoms with Crippen molar-refractivity contribution in [3.05, 3.63) is 63.4 Å². The molecule has 3 aromatic rings. The van der Waals surface area contributed by atoms with Gasteiger partial charge in [0.05, 0.1) is 35.6 Å². The minimum Gasteiger partial charge on any atom is -0.457 e. The minimum absolute atomic E-state index is 0.0872. The van der Waals surface area contributed by atoms with E-state index in [-0.39, 0.29) is 25.1 Å². The first kappa shape index (κ1) is 22.3. The highest BCUT2D eigenvalue weighted by Gasteiger charge is 2.50. The summed E-state index contributed by atoms with van der Waals surface area (Å²) in [5.41, 5.74) is 1.53. The Hall–Kier alpha value is -3.50. The smallest absolute Gasteiger partial charge is 0.376 e. The molecule has 2 aliphatic rings. The third-order valence-corrected chi connectivity index (χ3v) is 6.69. The van der Waals surface area contributed by atoms with Crippen LogP contribution >= 0.6 is 0 Å². The van der Waals surface area contributed by atoms with Gasteiger partial charge in [0.1, 0.15) is 6.61 Å². The van der Waals surface area contributed by atoms with E-state index in [1.54, 1.807) is 24.6 Å². The topological polar surface area (TPSA) is 111 Å². The molecule has 4 heterocycles. The standard InChI is InChI=1S/C24H24BN3O6/c1-4-24(34-20(29)12-27(3)25(2)32)17-10-19-21-15(9-14-7-5-6-8-18(14)26-21)11-28(19)22(30)16(17)13-33-23(24)31/h5-10,32H,4,11-13H2,1-3H3/t24-/m0/s1. The molecule has 34 heavy (non-hydrogen) atoms. The number of ether oxygens (including phenoxy) is 2. The summed E-state index contributed by atoms with van der Waals surface area (Å²) < 4.78 is 12.7. The number of carbonyl (C=O) groups excluding carboxylic acids is 2. The molecule has 0 unspecified atom stereocenters. The number of hydrogen-bond acceptors (Lipinski definition) is 8. The van der Waals surface area contributed by atoms with E-state index in [9.17, 15) is 19.4 Å². The highest BCUT2D eigenvalue weighted by molar-refractivity contribution is 6.45. The van der Waals surface area contributed by atoms with E-state index in [0.717, 1.165) is 16.5 Å². The lowest BCUT2D eigenvalue weighted by molar-refractivity contribution is -0.189. The van der Waals surface area contributed by atoms with Gasteiger partial charge in [0.2, 0.25) is 5.60 Å². The Kier molecular flexibility index (Phi) is 5.29. The molecule has 0 saturated carbocycles. The maximum Gasteiger partial charge on any atom is 0.376 e. The molecule has 2 aliphatic heterocycles. The van der Waals surface area contributed by atoms with Gasteiger partial charge >= 0.3 is 19.0 Å². The van der Waals surface area contributed by atoms with Crippen LogP contribution in [0.2, 0.25) is 6.82 Å². The Morgan fingerprint density at radius 1 is 1.32 bits per heavy atom. The van der Waals surface area contributed by atoms with Crippen molar-refractivity contribution in [2.75, 3.05) is 13.6 Å². The molecule has 2 aromatic heterocycles. The maximum absolute atomic E-state index is 13.5. The summed E-state index contributed by atoms with van der Waals surface area (Å²) in [4.78, 5) is 45.4. The van der Waals surface area contributed by atoms with Crippen molar-refractivity contribution < 1.29 is 24.1 Å². The third-order valence-electron chi connectivity index (χ3n) is 6.69. The zero-order chi connectivity index (χ0) is 24.2. The van der Waals surface area contributed by atoms with Crippen LogP contribution in [-0.4, -0.2) is 52.0 Å². The predicted molar refractivity (Wildman–Crippen MR) is 125 cm³/mol. The van der Waals surface area contributed by atoms with Gasteiger partial charge in [-0.2, -0.15) is 0 Å². The van der Waals surface area contributed by atoms with E-state index in [1.165, 1.54) is 11.6 Å².